The molecular weight excluding hydrogens is 409 g/mol. The number of rotatable bonds is 4. The Kier molecular flexibility index (Phi) is 5.51. The van der Waals surface area contributed by atoms with Crippen LogP contribution in [0.1, 0.15) is 18.4 Å². The quantitative estimate of drug-likeness (QED) is 0.644. The highest BCUT2D eigenvalue weighted by Crippen LogP contribution is 2.37. The lowest BCUT2D eigenvalue weighted by molar-refractivity contribution is -0.137. The predicted molar refractivity (Wildman–Crippen MR) is 113 cm³/mol. The van der Waals surface area contributed by atoms with Crippen molar-refractivity contribution in [3.8, 4) is 0 Å². The Morgan fingerprint density at radius 2 is 1.87 bits per heavy atom. The molecule has 0 atom stereocenters. The van der Waals surface area contributed by atoms with Crippen molar-refractivity contribution in [1.82, 2.24) is 4.98 Å². The van der Waals surface area contributed by atoms with Gasteiger partial charge in [0, 0.05) is 38.8 Å². The molecule has 1 aromatic heterocycles. The van der Waals surface area contributed by atoms with Crippen LogP contribution in [0.3, 0.4) is 0 Å². The lowest BCUT2D eigenvalue weighted by atomic mass is 9.96. The number of fused-ring (bicyclic) bond motifs is 1. The number of carbonyl (C=O) groups is 1. The van der Waals surface area contributed by atoms with Crippen molar-refractivity contribution in [1.29, 1.82) is 0 Å². The zero-order valence-electron chi connectivity index (χ0n) is 17.2. The molecule has 0 saturated carbocycles. The molecule has 2 heterocycles. The Balaban J connectivity index is 1.43. The van der Waals surface area contributed by atoms with Gasteiger partial charge in [0.1, 0.15) is 5.52 Å². The van der Waals surface area contributed by atoms with Gasteiger partial charge in [-0.25, -0.2) is 0 Å². The van der Waals surface area contributed by atoms with E-state index in [1.165, 1.54) is 6.07 Å². The van der Waals surface area contributed by atoms with Crippen LogP contribution in [0.2, 0.25) is 0 Å². The summed E-state index contributed by atoms with van der Waals surface area (Å²) in [4.78, 5) is 20.7. The van der Waals surface area contributed by atoms with E-state index >= 15 is 0 Å². The Labute approximate surface area is 177 Å². The summed E-state index contributed by atoms with van der Waals surface area (Å²) >= 11 is 0. The van der Waals surface area contributed by atoms with Crippen molar-refractivity contribution < 1.29 is 22.4 Å². The summed E-state index contributed by atoms with van der Waals surface area (Å²) in [5.74, 6) is -0.782. The molecule has 1 fully saturated rings. The van der Waals surface area contributed by atoms with Crippen LogP contribution in [-0.2, 0) is 11.0 Å². The monoisotopic (exact) mass is 432 g/mol. The summed E-state index contributed by atoms with van der Waals surface area (Å²) in [6.07, 6.45) is -3.56. The molecular formula is C22H23F3N4O2. The van der Waals surface area contributed by atoms with E-state index in [0.717, 1.165) is 11.6 Å². The van der Waals surface area contributed by atoms with Crippen molar-refractivity contribution in [3.05, 3.63) is 48.0 Å². The second-order valence-corrected chi connectivity index (χ2v) is 7.84. The summed E-state index contributed by atoms with van der Waals surface area (Å²) < 4.78 is 46.3. The second-order valence-electron chi connectivity index (χ2n) is 7.84. The number of hydrogen-bond acceptors (Lipinski definition) is 5. The first kappa shape index (κ1) is 21.0. The number of oxazole rings is 1. The van der Waals surface area contributed by atoms with Crippen molar-refractivity contribution in [2.75, 3.05) is 42.3 Å². The fourth-order valence-corrected chi connectivity index (χ4v) is 3.72. The number of halogens is 3. The standard InChI is InChI=1S/C22H23F3N4O2/c1-28(2)15-7-8-17(16(13-15)22(23,24)25)26-20(30)14-9-11-29(12-10-14)21-27-18-5-3-4-6-19(18)31-21/h3-8,13-14H,9-12H2,1-2H3,(H,26,30). The molecule has 4 rings (SSSR count). The first-order valence-electron chi connectivity index (χ1n) is 10.0. The lowest BCUT2D eigenvalue weighted by Crippen LogP contribution is -2.38. The van der Waals surface area contributed by atoms with Crippen molar-refractivity contribution in [2.45, 2.75) is 19.0 Å². The van der Waals surface area contributed by atoms with Crippen LogP contribution in [0.5, 0.6) is 0 Å². The summed E-state index contributed by atoms with van der Waals surface area (Å²) in [5.41, 5.74) is 0.800. The minimum absolute atomic E-state index is 0.218. The van der Waals surface area contributed by atoms with Gasteiger partial charge in [0.25, 0.3) is 6.01 Å². The summed E-state index contributed by atoms with van der Waals surface area (Å²) in [5, 5.41) is 2.49. The first-order valence-corrected chi connectivity index (χ1v) is 10.0. The zero-order valence-corrected chi connectivity index (χ0v) is 17.2. The maximum Gasteiger partial charge on any atom is 0.418 e. The number of aromatic nitrogens is 1. The molecule has 31 heavy (non-hydrogen) atoms. The molecule has 6 nitrogen and oxygen atoms in total. The minimum Gasteiger partial charge on any atom is -0.423 e. The molecule has 0 bridgehead atoms. The van der Waals surface area contributed by atoms with Crippen molar-refractivity contribution in [2.24, 2.45) is 5.92 Å². The third-order valence-electron chi connectivity index (χ3n) is 5.50. The van der Waals surface area contributed by atoms with Gasteiger partial charge in [-0.1, -0.05) is 12.1 Å². The van der Waals surface area contributed by atoms with Crippen LogP contribution in [0.4, 0.5) is 30.6 Å². The fourth-order valence-electron chi connectivity index (χ4n) is 3.72. The molecule has 9 heteroatoms. The number of nitrogens with zero attached hydrogens (tertiary/aromatic N) is 3. The van der Waals surface area contributed by atoms with Crippen LogP contribution < -0.4 is 15.1 Å². The molecule has 1 aliphatic rings. The second kappa shape index (κ2) is 8.13. The smallest absolute Gasteiger partial charge is 0.418 e. The minimum atomic E-state index is -4.56. The molecule has 2 aromatic carbocycles. The van der Waals surface area contributed by atoms with Crippen LogP contribution in [0.25, 0.3) is 11.1 Å². The van der Waals surface area contributed by atoms with Crippen LogP contribution in [0.15, 0.2) is 46.9 Å². The summed E-state index contributed by atoms with van der Waals surface area (Å²) in [6.45, 7) is 1.08. The Bertz CT molecular complexity index is 1050. The van der Waals surface area contributed by atoms with E-state index < -0.39 is 17.6 Å². The molecule has 0 aliphatic carbocycles. The number of para-hydroxylation sites is 2. The van der Waals surface area contributed by atoms with E-state index in [1.807, 2.05) is 29.2 Å². The van der Waals surface area contributed by atoms with Gasteiger partial charge < -0.3 is 19.5 Å². The SMILES string of the molecule is CN(C)c1ccc(NC(=O)C2CCN(c3nc4ccccc4o3)CC2)c(C(F)(F)F)c1. The van der Waals surface area contributed by atoms with Crippen LogP contribution >= 0.6 is 0 Å². The fraction of sp³-hybridized carbons (Fsp3) is 0.364. The molecule has 0 unspecified atom stereocenters. The molecule has 3 aromatic rings. The van der Waals surface area contributed by atoms with Gasteiger partial charge >= 0.3 is 6.18 Å². The van der Waals surface area contributed by atoms with E-state index in [9.17, 15) is 18.0 Å². The van der Waals surface area contributed by atoms with Gasteiger partial charge in [-0.05, 0) is 43.2 Å². The highest BCUT2D eigenvalue weighted by Gasteiger charge is 2.35. The number of carbonyl (C=O) groups excluding carboxylic acids is 1. The Hall–Kier alpha value is -3.23. The topological polar surface area (TPSA) is 61.6 Å². The number of benzene rings is 2. The van der Waals surface area contributed by atoms with Crippen molar-refractivity contribution in [3.63, 3.8) is 0 Å². The van der Waals surface area contributed by atoms with E-state index in [-0.39, 0.29) is 11.6 Å². The Morgan fingerprint density at radius 1 is 1.16 bits per heavy atom. The highest BCUT2D eigenvalue weighted by atomic mass is 19.4. The number of piperidine rings is 1. The van der Waals surface area contributed by atoms with E-state index in [4.69, 9.17) is 4.42 Å². The Morgan fingerprint density at radius 3 is 2.52 bits per heavy atom. The van der Waals surface area contributed by atoms with Gasteiger partial charge in [-0.2, -0.15) is 18.2 Å². The van der Waals surface area contributed by atoms with Crippen LogP contribution in [-0.4, -0.2) is 38.1 Å². The lowest BCUT2D eigenvalue weighted by Gasteiger charge is -2.30. The molecule has 1 N–H and O–H groups in total. The van der Waals surface area contributed by atoms with Gasteiger partial charge in [0.05, 0.1) is 11.3 Å². The maximum absolute atomic E-state index is 13.5. The van der Waals surface area contributed by atoms with Gasteiger partial charge in [-0.3, -0.25) is 4.79 Å². The van der Waals surface area contributed by atoms with Crippen LogP contribution in [0, 0.1) is 5.92 Å². The summed E-state index contributed by atoms with van der Waals surface area (Å²) in [6, 6.07) is 11.9. The van der Waals surface area contributed by atoms with Gasteiger partial charge in [0.2, 0.25) is 5.91 Å². The maximum atomic E-state index is 13.5. The third kappa shape index (κ3) is 4.45. The molecule has 164 valence electrons. The molecule has 0 radical (unpaired) electrons. The highest BCUT2D eigenvalue weighted by molar-refractivity contribution is 5.94. The number of anilines is 3. The molecule has 1 aliphatic heterocycles. The normalized spacial score (nSPS) is 15.3. The number of nitrogens with one attached hydrogen (secondary N) is 1. The number of amides is 1. The van der Waals surface area contributed by atoms with E-state index in [2.05, 4.69) is 10.3 Å². The molecule has 0 spiro atoms. The summed E-state index contributed by atoms with van der Waals surface area (Å²) in [7, 11) is 3.33. The zero-order chi connectivity index (χ0) is 22.2. The number of hydrogen-bond donors (Lipinski definition) is 1. The average Bonchev–Trinajstić information content (AvgIpc) is 3.17. The molecule has 1 saturated heterocycles. The predicted octanol–water partition coefficient (Wildman–Crippen LogP) is 4.77. The third-order valence-corrected chi connectivity index (χ3v) is 5.50. The largest absolute Gasteiger partial charge is 0.423 e. The van der Waals surface area contributed by atoms with Gasteiger partial charge in [0.15, 0.2) is 5.58 Å². The van der Waals surface area contributed by atoms with Gasteiger partial charge in [-0.15, -0.1) is 0 Å². The van der Waals surface area contributed by atoms with E-state index in [0.29, 0.717) is 43.2 Å². The van der Waals surface area contributed by atoms with Crippen molar-refractivity contribution >= 4 is 34.4 Å². The number of alkyl halides is 3. The van der Waals surface area contributed by atoms with E-state index in [1.54, 1.807) is 25.1 Å². The average molecular weight is 432 g/mol. The molecule has 1 amide bonds. The first-order chi connectivity index (χ1) is 14.7.